The van der Waals surface area contributed by atoms with Crippen LogP contribution in [0.4, 0.5) is 5.69 Å². The number of aromatic hydroxyl groups is 1. The fraction of sp³-hybridized carbons (Fsp3) is 0.333. The molecule has 1 unspecified atom stereocenters. The number of para-hydroxylation sites is 1. The number of carbonyl (C=O) groups excluding carboxylic acids is 2. The van der Waals surface area contributed by atoms with Crippen molar-refractivity contribution in [1.29, 1.82) is 0 Å². The lowest BCUT2D eigenvalue weighted by Crippen LogP contribution is -2.55. The van der Waals surface area contributed by atoms with Crippen LogP contribution in [0.25, 0.3) is 0 Å². The molecule has 0 aromatic heterocycles. The summed E-state index contributed by atoms with van der Waals surface area (Å²) in [5, 5.41) is 12.5. The molecule has 0 aliphatic carbocycles. The number of rotatable bonds is 1. The molecule has 0 bridgehead atoms. The highest BCUT2D eigenvalue weighted by atomic mass is 16.3. The molecule has 1 heterocycles. The van der Waals surface area contributed by atoms with Crippen molar-refractivity contribution in [2.75, 3.05) is 18.8 Å². The van der Waals surface area contributed by atoms with Crippen LogP contribution in [0.1, 0.15) is 17.3 Å². The fourth-order valence-corrected chi connectivity index (χ4v) is 1.95. The van der Waals surface area contributed by atoms with E-state index in [2.05, 4.69) is 5.32 Å². The molecule has 1 aliphatic rings. The zero-order valence-corrected chi connectivity index (χ0v) is 10.0. The van der Waals surface area contributed by atoms with Gasteiger partial charge in [-0.2, -0.15) is 0 Å². The molecule has 4 N–H and O–H groups in total. The summed E-state index contributed by atoms with van der Waals surface area (Å²) < 4.78 is 0. The fourth-order valence-electron chi connectivity index (χ4n) is 1.95. The van der Waals surface area contributed by atoms with E-state index in [-0.39, 0.29) is 28.8 Å². The Hall–Kier alpha value is -2.24. The van der Waals surface area contributed by atoms with Gasteiger partial charge in [0.15, 0.2) is 5.75 Å². The Morgan fingerprint density at radius 3 is 3.00 bits per heavy atom. The van der Waals surface area contributed by atoms with E-state index < -0.39 is 6.04 Å². The lowest BCUT2D eigenvalue weighted by atomic mass is 10.1. The Morgan fingerprint density at radius 1 is 1.56 bits per heavy atom. The van der Waals surface area contributed by atoms with Gasteiger partial charge in [-0.15, -0.1) is 0 Å². The maximum Gasteiger partial charge on any atom is 0.258 e. The molecule has 1 fully saturated rings. The van der Waals surface area contributed by atoms with Crippen molar-refractivity contribution in [3.63, 3.8) is 0 Å². The minimum Gasteiger partial charge on any atom is -0.505 e. The molecule has 1 aliphatic heterocycles. The summed E-state index contributed by atoms with van der Waals surface area (Å²) >= 11 is 0. The number of nitrogens with one attached hydrogen (secondary N) is 1. The van der Waals surface area contributed by atoms with Gasteiger partial charge in [0.25, 0.3) is 5.91 Å². The molecule has 2 amide bonds. The number of nitrogens with two attached hydrogens (primary N) is 1. The van der Waals surface area contributed by atoms with Gasteiger partial charge in [-0.3, -0.25) is 9.59 Å². The number of hydrogen-bond acceptors (Lipinski definition) is 4. The Balaban J connectivity index is 2.31. The first kappa shape index (κ1) is 12.2. The summed E-state index contributed by atoms with van der Waals surface area (Å²) in [7, 11) is 0. The van der Waals surface area contributed by atoms with Crippen LogP contribution in [0.3, 0.4) is 0 Å². The third-order valence-electron chi connectivity index (χ3n) is 3.06. The molecule has 0 radical (unpaired) electrons. The van der Waals surface area contributed by atoms with E-state index in [0.29, 0.717) is 13.1 Å². The van der Waals surface area contributed by atoms with Crippen molar-refractivity contribution in [1.82, 2.24) is 10.2 Å². The smallest absolute Gasteiger partial charge is 0.258 e. The third kappa shape index (κ3) is 1.97. The molecule has 1 atom stereocenters. The van der Waals surface area contributed by atoms with Crippen LogP contribution >= 0.6 is 0 Å². The minimum atomic E-state index is -0.549. The zero-order chi connectivity index (χ0) is 13.3. The molecular formula is C12H15N3O3. The number of nitrogens with zero attached hydrogens (tertiary/aromatic N) is 1. The number of anilines is 1. The van der Waals surface area contributed by atoms with Crippen LogP contribution in [0.2, 0.25) is 0 Å². The molecule has 18 heavy (non-hydrogen) atoms. The third-order valence-corrected chi connectivity index (χ3v) is 3.06. The number of amides is 2. The maximum absolute atomic E-state index is 12.3. The van der Waals surface area contributed by atoms with Crippen LogP contribution in [-0.4, -0.2) is 41.0 Å². The Bertz CT molecular complexity index is 501. The Kier molecular flexibility index (Phi) is 3.10. The van der Waals surface area contributed by atoms with E-state index in [1.807, 2.05) is 0 Å². The topological polar surface area (TPSA) is 95.7 Å². The van der Waals surface area contributed by atoms with Crippen molar-refractivity contribution < 1.29 is 14.7 Å². The highest BCUT2D eigenvalue weighted by Gasteiger charge is 2.31. The number of nitrogen functional groups attached to an aromatic ring is 1. The van der Waals surface area contributed by atoms with Gasteiger partial charge < -0.3 is 21.1 Å². The first-order chi connectivity index (χ1) is 8.52. The first-order valence-corrected chi connectivity index (χ1v) is 5.68. The van der Waals surface area contributed by atoms with Crippen molar-refractivity contribution >= 4 is 17.5 Å². The van der Waals surface area contributed by atoms with Crippen molar-refractivity contribution in [2.45, 2.75) is 13.0 Å². The number of carbonyl (C=O) groups is 2. The average Bonchev–Trinajstić information content (AvgIpc) is 2.35. The Morgan fingerprint density at radius 2 is 2.28 bits per heavy atom. The predicted octanol–water partition coefficient (Wildman–Crippen LogP) is -0.0651. The second kappa shape index (κ2) is 4.56. The number of piperazine rings is 1. The van der Waals surface area contributed by atoms with Crippen molar-refractivity contribution in [3.05, 3.63) is 23.8 Å². The lowest BCUT2D eigenvalue weighted by Gasteiger charge is -2.33. The van der Waals surface area contributed by atoms with Gasteiger partial charge in [0.2, 0.25) is 5.91 Å². The van der Waals surface area contributed by atoms with Crippen LogP contribution < -0.4 is 11.1 Å². The molecule has 0 saturated carbocycles. The Labute approximate surface area is 104 Å². The largest absolute Gasteiger partial charge is 0.505 e. The van der Waals surface area contributed by atoms with E-state index in [4.69, 9.17) is 5.73 Å². The van der Waals surface area contributed by atoms with Gasteiger partial charge in [0, 0.05) is 13.1 Å². The van der Waals surface area contributed by atoms with Gasteiger partial charge >= 0.3 is 0 Å². The normalized spacial score (nSPS) is 19.5. The van der Waals surface area contributed by atoms with Crippen LogP contribution in [-0.2, 0) is 4.79 Å². The number of phenols is 1. The summed E-state index contributed by atoms with van der Waals surface area (Å²) in [5.74, 6) is -0.819. The highest BCUT2D eigenvalue weighted by Crippen LogP contribution is 2.26. The number of benzene rings is 1. The quantitative estimate of drug-likeness (QED) is 0.479. The van der Waals surface area contributed by atoms with Gasteiger partial charge in [0.1, 0.15) is 6.04 Å². The molecule has 2 rings (SSSR count). The molecule has 1 aromatic carbocycles. The number of phenolic OH excluding ortho intramolecular Hbond substituents is 1. The van der Waals surface area contributed by atoms with E-state index in [9.17, 15) is 14.7 Å². The first-order valence-electron chi connectivity index (χ1n) is 5.68. The summed E-state index contributed by atoms with van der Waals surface area (Å²) in [5.41, 5.74) is 5.82. The van der Waals surface area contributed by atoms with Gasteiger partial charge in [-0.25, -0.2) is 0 Å². The zero-order valence-electron chi connectivity index (χ0n) is 10.0. The maximum atomic E-state index is 12.3. The van der Waals surface area contributed by atoms with Crippen molar-refractivity contribution in [2.24, 2.45) is 0 Å². The van der Waals surface area contributed by atoms with Crippen molar-refractivity contribution in [3.8, 4) is 5.75 Å². The predicted molar refractivity (Wildman–Crippen MR) is 66.0 cm³/mol. The summed E-state index contributed by atoms with van der Waals surface area (Å²) in [6, 6.07) is 4.05. The van der Waals surface area contributed by atoms with Gasteiger partial charge in [-0.1, -0.05) is 6.07 Å². The van der Waals surface area contributed by atoms with E-state index in [1.165, 1.54) is 17.0 Å². The molecule has 0 spiro atoms. The monoisotopic (exact) mass is 249 g/mol. The molecular weight excluding hydrogens is 234 g/mol. The lowest BCUT2D eigenvalue weighted by molar-refractivity contribution is -0.127. The van der Waals surface area contributed by atoms with Gasteiger partial charge in [0.05, 0.1) is 11.3 Å². The summed E-state index contributed by atoms with van der Waals surface area (Å²) in [4.78, 5) is 25.2. The second-order valence-electron chi connectivity index (χ2n) is 4.21. The molecule has 6 nitrogen and oxygen atoms in total. The van der Waals surface area contributed by atoms with Crippen LogP contribution in [0, 0.1) is 0 Å². The summed E-state index contributed by atoms with van der Waals surface area (Å²) in [6.07, 6.45) is 0. The number of hydrogen-bond donors (Lipinski definition) is 3. The van der Waals surface area contributed by atoms with E-state index >= 15 is 0 Å². The molecule has 6 heteroatoms. The molecule has 1 aromatic rings. The second-order valence-corrected chi connectivity index (χ2v) is 4.21. The SMILES string of the molecule is CC1C(=O)NCCN1C(=O)c1cccc(N)c1O. The molecule has 96 valence electrons. The van der Waals surface area contributed by atoms with Gasteiger partial charge in [-0.05, 0) is 19.1 Å². The molecule has 1 saturated heterocycles. The average molecular weight is 249 g/mol. The summed E-state index contributed by atoms with van der Waals surface area (Å²) in [6.45, 7) is 2.48. The van der Waals surface area contributed by atoms with E-state index in [0.717, 1.165) is 0 Å². The van der Waals surface area contributed by atoms with Crippen LogP contribution in [0.5, 0.6) is 5.75 Å². The van der Waals surface area contributed by atoms with E-state index in [1.54, 1.807) is 13.0 Å². The van der Waals surface area contributed by atoms with Crippen LogP contribution in [0.15, 0.2) is 18.2 Å². The highest BCUT2D eigenvalue weighted by molar-refractivity contribution is 6.01. The standard InChI is InChI=1S/C12H15N3O3/c1-7-11(17)14-5-6-15(7)12(18)8-3-2-4-9(13)10(8)16/h2-4,7,16H,5-6,13H2,1H3,(H,14,17). The minimum absolute atomic E-state index is 0.122.